The van der Waals surface area contributed by atoms with Crippen LogP contribution in [0.3, 0.4) is 0 Å². The quantitative estimate of drug-likeness (QED) is 0.898. The summed E-state index contributed by atoms with van der Waals surface area (Å²) < 4.78 is 1.61. The number of fused-ring (bicyclic) bond motifs is 1. The first-order valence-corrected chi connectivity index (χ1v) is 8.37. The molecule has 0 saturated carbocycles. The maximum absolute atomic E-state index is 12.7. The highest BCUT2D eigenvalue weighted by Crippen LogP contribution is 2.26. The Morgan fingerprint density at radius 3 is 2.24 bits per heavy atom. The van der Waals surface area contributed by atoms with Crippen molar-refractivity contribution in [2.75, 3.05) is 13.1 Å². The Morgan fingerprint density at radius 2 is 1.68 bits per heavy atom. The van der Waals surface area contributed by atoms with Crippen LogP contribution in [0.4, 0.5) is 4.79 Å². The summed E-state index contributed by atoms with van der Waals surface area (Å²) in [6.07, 6.45) is 2.95. The maximum Gasteiger partial charge on any atom is 0.358 e. The van der Waals surface area contributed by atoms with Crippen molar-refractivity contribution in [1.29, 1.82) is 0 Å². The molecule has 1 aromatic heterocycles. The highest BCUT2D eigenvalue weighted by molar-refractivity contribution is 5.84. The molecular weight excluding hydrogens is 322 g/mol. The topological polar surface area (TPSA) is 91.6 Å². The molecule has 1 saturated heterocycles. The molecule has 4 rings (SSSR count). The van der Waals surface area contributed by atoms with Crippen molar-refractivity contribution in [3.8, 4) is 0 Å². The first-order chi connectivity index (χ1) is 12.1. The second-order valence-electron chi connectivity index (χ2n) is 6.51. The Bertz CT molecular complexity index is 785. The molecule has 0 radical (unpaired) electrons. The van der Waals surface area contributed by atoms with E-state index in [0.717, 1.165) is 12.8 Å². The highest BCUT2D eigenvalue weighted by Gasteiger charge is 2.30. The number of nitrogens with zero attached hydrogens (tertiary/aromatic N) is 5. The van der Waals surface area contributed by atoms with Crippen molar-refractivity contribution >= 4 is 12.0 Å². The van der Waals surface area contributed by atoms with Gasteiger partial charge in [0, 0.05) is 26.2 Å². The van der Waals surface area contributed by atoms with Crippen molar-refractivity contribution in [3.05, 3.63) is 47.3 Å². The second-order valence-corrected chi connectivity index (χ2v) is 6.51. The summed E-state index contributed by atoms with van der Waals surface area (Å²) in [6, 6.07) is 8.29. The van der Waals surface area contributed by atoms with E-state index in [1.807, 2.05) is 21.9 Å². The molecule has 2 amide bonds. The SMILES string of the molecule is O=C(O)c1cn(C2CCN(C(=O)N3Cc4ccccc4C3)CC2)nn1. The van der Waals surface area contributed by atoms with Crippen LogP contribution in [0.15, 0.2) is 30.5 Å². The third-order valence-corrected chi connectivity index (χ3v) is 4.95. The monoisotopic (exact) mass is 341 g/mol. The lowest BCUT2D eigenvalue weighted by atomic mass is 10.1. The highest BCUT2D eigenvalue weighted by atomic mass is 16.4. The van der Waals surface area contributed by atoms with Crippen LogP contribution < -0.4 is 0 Å². The zero-order valence-corrected chi connectivity index (χ0v) is 13.7. The van der Waals surface area contributed by atoms with Crippen LogP contribution in [0.5, 0.6) is 0 Å². The van der Waals surface area contributed by atoms with Gasteiger partial charge in [-0.05, 0) is 24.0 Å². The van der Waals surface area contributed by atoms with E-state index in [1.165, 1.54) is 17.3 Å². The van der Waals surface area contributed by atoms with Gasteiger partial charge in [0.05, 0.1) is 12.2 Å². The summed E-state index contributed by atoms with van der Waals surface area (Å²) >= 11 is 0. The van der Waals surface area contributed by atoms with E-state index in [-0.39, 0.29) is 17.8 Å². The fraction of sp³-hybridized carbons (Fsp3) is 0.412. The molecule has 130 valence electrons. The van der Waals surface area contributed by atoms with Crippen molar-refractivity contribution in [2.24, 2.45) is 0 Å². The van der Waals surface area contributed by atoms with E-state index in [4.69, 9.17) is 5.11 Å². The number of carbonyl (C=O) groups is 2. The van der Waals surface area contributed by atoms with E-state index >= 15 is 0 Å². The Balaban J connectivity index is 1.36. The lowest BCUT2D eigenvalue weighted by Gasteiger charge is -2.34. The van der Waals surface area contributed by atoms with Crippen LogP contribution in [-0.4, -0.2) is 55.0 Å². The normalized spacial score (nSPS) is 17.6. The van der Waals surface area contributed by atoms with Gasteiger partial charge in [0.1, 0.15) is 0 Å². The van der Waals surface area contributed by atoms with Crippen molar-refractivity contribution in [1.82, 2.24) is 24.8 Å². The van der Waals surface area contributed by atoms with Gasteiger partial charge in [0.25, 0.3) is 0 Å². The first-order valence-electron chi connectivity index (χ1n) is 8.37. The number of carboxylic acid groups (broad SMARTS) is 1. The zero-order valence-electron chi connectivity index (χ0n) is 13.7. The number of hydrogen-bond acceptors (Lipinski definition) is 4. The number of urea groups is 1. The zero-order chi connectivity index (χ0) is 17.4. The van der Waals surface area contributed by atoms with Crippen molar-refractivity contribution in [2.45, 2.75) is 32.0 Å². The van der Waals surface area contributed by atoms with E-state index in [2.05, 4.69) is 22.4 Å². The summed E-state index contributed by atoms with van der Waals surface area (Å²) in [5.74, 6) is -1.08. The van der Waals surface area contributed by atoms with E-state index in [9.17, 15) is 9.59 Å². The van der Waals surface area contributed by atoms with Gasteiger partial charge in [-0.2, -0.15) is 0 Å². The van der Waals surface area contributed by atoms with Gasteiger partial charge in [-0.1, -0.05) is 29.5 Å². The lowest BCUT2D eigenvalue weighted by Crippen LogP contribution is -2.45. The number of aromatic carboxylic acids is 1. The van der Waals surface area contributed by atoms with Crippen LogP contribution in [0.2, 0.25) is 0 Å². The molecular formula is C17H19N5O3. The number of likely N-dealkylation sites (tertiary alicyclic amines) is 1. The van der Waals surface area contributed by atoms with E-state index in [1.54, 1.807) is 4.68 Å². The number of aromatic nitrogens is 3. The minimum atomic E-state index is -1.08. The molecule has 0 unspecified atom stereocenters. The number of piperidine rings is 1. The van der Waals surface area contributed by atoms with Gasteiger partial charge in [-0.15, -0.1) is 5.10 Å². The molecule has 1 fully saturated rings. The van der Waals surface area contributed by atoms with Crippen LogP contribution in [0.25, 0.3) is 0 Å². The third-order valence-electron chi connectivity index (χ3n) is 4.95. The van der Waals surface area contributed by atoms with Crippen molar-refractivity contribution < 1.29 is 14.7 Å². The smallest absolute Gasteiger partial charge is 0.358 e. The largest absolute Gasteiger partial charge is 0.476 e. The van der Waals surface area contributed by atoms with E-state index < -0.39 is 5.97 Å². The summed E-state index contributed by atoms with van der Waals surface area (Å²) in [4.78, 5) is 27.4. The van der Waals surface area contributed by atoms with Gasteiger partial charge in [-0.25, -0.2) is 14.3 Å². The molecule has 2 aliphatic heterocycles. The summed E-state index contributed by atoms with van der Waals surface area (Å²) in [6.45, 7) is 2.61. The summed E-state index contributed by atoms with van der Waals surface area (Å²) in [7, 11) is 0. The summed E-state index contributed by atoms with van der Waals surface area (Å²) in [5.41, 5.74) is 2.39. The fourth-order valence-electron chi connectivity index (χ4n) is 3.54. The van der Waals surface area contributed by atoms with Gasteiger partial charge < -0.3 is 14.9 Å². The average Bonchev–Trinajstić information content (AvgIpc) is 3.28. The van der Waals surface area contributed by atoms with Crippen LogP contribution in [0, 0.1) is 0 Å². The molecule has 8 nitrogen and oxygen atoms in total. The lowest BCUT2D eigenvalue weighted by molar-refractivity contribution is 0.0690. The molecule has 3 heterocycles. The van der Waals surface area contributed by atoms with Crippen LogP contribution in [0.1, 0.15) is 40.5 Å². The molecule has 1 N–H and O–H groups in total. The average molecular weight is 341 g/mol. The minimum absolute atomic E-state index is 0.0478. The minimum Gasteiger partial charge on any atom is -0.476 e. The van der Waals surface area contributed by atoms with Crippen LogP contribution in [-0.2, 0) is 13.1 Å². The van der Waals surface area contributed by atoms with E-state index in [0.29, 0.717) is 26.2 Å². The molecule has 8 heteroatoms. The number of amides is 2. The first kappa shape index (κ1) is 15.6. The Hall–Kier alpha value is -2.90. The maximum atomic E-state index is 12.7. The number of hydrogen-bond donors (Lipinski definition) is 1. The Kier molecular flexibility index (Phi) is 3.87. The van der Waals surface area contributed by atoms with Crippen LogP contribution >= 0.6 is 0 Å². The number of rotatable bonds is 2. The fourth-order valence-corrected chi connectivity index (χ4v) is 3.54. The molecule has 1 aromatic carbocycles. The van der Waals surface area contributed by atoms with Gasteiger partial charge in [0.2, 0.25) is 0 Å². The molecule has 0 atom stereocenters. The summed E-state index contributed by atoms with van der Waals surface area (Å²) in [5, 5.41) is 16.5. The molecule has 0 spiro atoms. The molecule has 2 aromatic rings. The van der Waals surface area contributed by atoms with Gasteiger partial charge in [-0.3, -0.25) is 0 Å². The number of carbonyl (C=O) groups excluding carboxylic acids is 1. The van der Waals surface area contributed by atoms with Crippen molar-refractivity contribution in [3.63, 3.8) is 0 Å². The molecule has 2 aliphatic rings. The number of benzene rings is 1. The molecule has 0 bridgehead atoms. The second kappa shape index (κ2) is 6.19. The number of carboxylic acids is 1. The Morgan fingerprint density at radius 1 is 1.04 bits per heavy atom. The predicted molar refractivity (Wildman–Crippen MR) is 87.9 cm³/mol. The Labute approximate surface area is 144 Å². The predicted octanol–water partition coefficient (Wildman–Crippen LogP) is 1.75. The standard InChI is InChI=1S/C17H19N5O3/c23-16(24)15-11-22(19-18-15)14-5-7-20(8-6-14)17(25)21-9-12-3-1-2-4-13(12)10-21/h1-4,11,14H,5-10H2,(H,23,24). The molecule has 25 heavy (non-hydrogen) atoms. The third kappa shape index (κ3) is 2.95. The van der Waals surface area contributed by atoms with Gasteiger partial charge in [0.15, 0.2) is 5.69 Å². The van der Waals surface area contributed by atoms with Gasteiger partial charge >= 0.3 is 12.0 Å². The molecule has 0 aliphatic carbocycles.